The van der Waals surface area contributed by atoms with E-state index in [9.17, 15) is 4.79 Å². The Balaban J connectivity index is 1.69. The third-order valence-corrected chi connectivity index (χ3v) is 5.03. The van der Waals surface area contributed by atoms with Crippen LogP contribution in [0.2, 0.25) is 0 Å². The number of methoxy groups -OCH3 is 1. The Morgan fingerprint density at radius 2 is 1.83 bits per heavy atom. The average molecular weight is 388 g/mol. The summed E-state index contributed by atoms with van der Waals surface area (Å²) in [6.07, 6.45) is 3.09. The molecule has 4 rings (SSSR count). The fraction of sp³-hybridized carbons (Fsp3) is 0.261. The topological polar surface area (TPSA) is 76.1 Å². The lowest BCUT2D eigenvalue weighted by molar-refractivity contribution is 0.0972. The summed E-state index contributed by atoms with van der Waals surface area (Å²) in [5, 5.41) is 6.56. The predicted molar refractivity (Wildman–Crippen MR) is 115 cm³/mol. The quantitative estimate of drug-likeness (QED) is 0.615. The van der Waals surface area contributed by atoms with Crippen molar-refractivity contribution >= 4 is 28.9 Å². The molecule has 1 aliphatic rings. The molecule has 0 unspecified atom stereocenters. The number of nitrogens with one attached hydrogen (secondary N) is 2. The number of ketones is 1. The summed E-state index contributed by atoms with van der Waals surface area (Å²) in [6, 6.07) is 15.8. The standard InChI is InChI=1S/C23H24N4O2/c1-3-15-10-12-16(13-11-15)25-23-26-19-8-5-9-20(28)21(19)22(27-23)24-17-6-4-7-18(14-17)29-2/h4,6-7,10-14H,3,5,8-9H2,1-2H3,(H2,24,25,26,27). The largest absolute Gasteiger partial charge is 0.497 e. The lowest BCUT2D eigenvalue weighted by Gasteiger charge is -2.19. The molecule has 0 fully saturated rings. The van der Waals surface area contributed by atoms with Gasteiger partial charge >= 0.3 is 0 Å². The minimum atomic E-state index is 0.0792. The molecule has 6 heteroatoms. The van der Waals surface area contributed by atoms with Gasteiger partial charge in [0.15, 0.2) is 5.78 Å². The number of hydrogen-bond donors (Lipinski definition) is 2. The summed E-state index contributed by atoms with van der Waals surface area (Å²) >= 11 is 0. The first kappa shape index (κ1) is 18.9. The Morgan fingerprint density at radius 3 is 2.59 bits per heavy atom. The number of carbonyl (C=O) groups is 1. The van der Waals surface area contributed by atoms with Crippen molar-refractivity contribution in [3.63, 3.8) is 0 Å². The summed E-state index contributed by atoms with van der Waals surface area (Å²) in [5.41, 5.74) is 4.37. The third-order valence-electron chi connectivity index (χ3n) is 5.03. The van der Waals surface area contributed by atoms with E-state index in [0.29, 0.717) is 23.8 Å². The van der Waals surface area contributed by atoms with Gasteiger partial charge in [-0.1, -0.05) is 25.1 Å². The lowest BCUT2D eigenvalue weighted by atomic mass is 9.95. The zero-order valence-corrected chi connectivity index (χ0v) is 16.7. The second kappa shape index (κ2) is 8.31. The first-order chi connectivity index (χ1) is 14.2. The maximum Gasteiger partial charge on any atom is 0.229 e. The number of anilines is 4. The molecule has 0 radical (unpaired) electrons. The van der Waals surface area contributed by atoms with Crippen LogP contribution < -0.4 is 15.4 Å². The molecule has 0 atom stereocenters. The Labute approximate surface area is 170 Å². The van der Waals surface area contributed by atoms with Crippen molar-refractivity contribution in [2.45, 2.75) is 32.6 Å². The molecule has 3 aromatic rings. The van der Waals surface area contributed by atoms with E-state index in [1.807, 2.05) is 36.4 Å². The predicted octanol–water partition coefficient (Wildman–Crippen LogP) is 5.05. The van der Waals surface area contributed by atoms with Crippen molar-refractivity contribution in [3.8, 4) is 5.75 Å². The highest BCUT2D eigenvalue weighted by Gasteiger charge is 2.24. The first-order valence-electron chi connectivity index (χ1n) is 9.87. The van der Waals surface area contributed by atoms with Gasteiger partial charge in [0, 0.05) is 23.9 Å². The number of carbonyl (C=O) groups excluding carboxylic acids is 1. The number of fused-ring (bicyclic) bond motifs is 1. The van der Waals surface area contributed by atoms with E-state index in [4.69, 9.17) is 4.74 Å². The number of ether oxygens (including phenoxy) is 1. The van der Waals surface area contributed by atoms with Gasteiger partial charge in [-0.2, -0.15) is 4.98 Å². The maximum absolute atomic E-state index is 12.6. The summed E-state index contributed by atoms with van der Waals surface area (Å²) in [4.78, 5) is 21.9. The monoisotopic (exact) mass is 388 g/mol. The molecule has 6 nitrogen and oxygen atoms in total. The molecule has 0 saturated heterocycles. The fourth-order valence-electron chi connectivity index (χ4n) is 3.46. The Bertz CT molecular complexity index is 1030. The molecule has 29 heavy (non-hydrogen) atoms. The number of aryl methyl sites for hydroxylation is 2. The molecule has 2 N–H and O–H groups in total. The second-order valence-corrected chi connectivity index (χ2v) is 7.03. The van der Waals surface area contributed by atoms with Gasteiger partial charge in [0.05, 0.1) is 18.4 Å². The molecular formula is C23H24N4O2. The van der Waals surface area contributed by atoms with Crippen molar-refractivity contribution in [1.29, 1.82) is 0 Å². The summed E-state index contributed by atoms with van der Waals surface area (Å²) in [5.74, 6) is 1.82. The summed E-state index contributed by atoms with van der Waals surface area (Å²) in [6.45, 7) is 2.13. The highest BCUT2D eigenvalue weighted by molar-refractivity contribution is 6.03. The van der Waals surface area contributed by atoms with E-state index in [1.165, 1.54) is 5.56 Å². The zero-order chi connectivity index (χ0) is 20.2. The van der Waals surface area contributed by atoms with E-state index >= 15 is 0 Å². The van der Waals surface area contributed by atoms with Crippen LogP contribution in [0.25, 0.3) is 0 Å². The smallest absolute Gasteiger partial charge is 0.229 e. The highest BCUT2D eigenvalue weighted by Crippen LogP contribution is 2.30. The van der Waals surface area contributed by atoms with Gasteiger partial charge in [-0.05, 0) is 49.1 Å². The van der Waals surface area contributed by atoms with E-state index in [1.54, 1.807) is 7.11 Å². The van der Waals surface area contributed by atoms with Crippen LogP contribution >= 0.6 is 0 Å². The number of hydrogen-bond acceptors (Lipinski definition) is 6. The Kier molecular flexibility index (Phi) is 5.42. The number of benzene rings is 2. The molecule has 2 aromatic carbocycles. The molecule has 0 aliphatic heterocycles. The Hall–Kier alpha value is -3.41. The molecule has 0 amide bonds. The molecule has 1 aromatic heterocycles. The first-order valence-corrected chi connectivity index (χ1v) is 9.87. The van der Waals surface area contributed by atoms with Crippen molar-refractivity contribution in [2.75, 3.05) is 17.7 Å². The summed E-state index contributed by atoms with van der Waals surface area (Å²) < 4.78 is 5.30. The van der Waals surface area contributed by atoms with Crippen LogP contribution in [0, 0.1) is 0 Å². The van der Waals surface area contributed by atoms with Crippen LogP contribution in [0.5, 0.6) is 5.75 Å². The van der Waals surface area contributed by atoms with E-state index in [-0.39, 0.29) is 5.78 Å². The van der Waals surface area contributed by atoms with Gasteiger partial charge in [-0.25, -0.2) is 4.98 Å². The molecule has 0 saturated carbocycles. The Morgan fingerprint density at radius 1 is 1.00 bits per heavy atom. The van der Waals surface area contributed by atoms with Crippen LogP contribution in [-0.2, 0) is 12.8 Å². The number of nitrogens with zero attached hydrogens (tertiary/aromatic N) is 2. The van der Waals surface area contributed by atoms with Gasteiger partial charge in [0.1, 0.15) is 11.6 Å². The highest BCUT2D eigenvalue weighted by atomic mass is 16.5. The van der Waals surface area contributed by atoms with Gasteiger partial charge in [0.25, 0.3) is 0 Å². The molecule has 0 spiro atoms. The number of Topliss-reactive ketones (excluding diaryl/α,β-unsaturated/α-hetero) is 1. The second-order valence-electron chi connectivity index (χ2n) is 7.03. The number of rotatable bonds is 6. The molecular weight excluding hydrogens is 364 g/mol. The normalized spacial score (nSPS) is 13.0. The van der Waals surface area contributed by atoms with E-state index in [0.717, 1.165) is 42.1 Å². The lowest BCUT2D eigenvalue weighted by Crippen LogP contribution is -2.17. The van der Waals surface area contributed by atoms with Crippen LogP contribution in [0.15, 0.2) is 48.5 Å². The van der Waals surface area contributed by atoms with Crippen LogP contribution in [0.4, 0.5) is 23.1 Å². The van der Waals surface area contributed by atoms with Gasteiger partial charge < -0.3 is 15.4 Å². The van der Waals surface area contributed by atoms with Crippen molar-refractivity contribution < 1.29 is 9.53 Å². The summed E-state index contributed by atoms with van der Waals surface area (Å²) in [7, 11) is 1.63. The molecule has 1 heterocycles. The van der Waals surface area contributed by atoms with Gasteiger partial charge in [0.2, 0.25) is 5.95 Å². The molecule has 148 valence electrons. The fourth-order valence-corrected chi connectivity index (χ4v) is 3.46. The number of aromatic nitrogens is 2. The van der Waals surface area contributed by atoms with Crippen LogP contribution in [0.3, 0.4) is 0 Å². The molecule has 1 aliphatic carbocycles. The minimum absolute atomic E-state index is 0.0792. The van der Waals surface area contributed by atoms with E-state index in [2.05, 4.69) is 39.7 Å². The van der Waals surface area contributed by atoms with E-state index < -0.39 is 0 Å². The minimum Gasteiger partial charge on any atom is -0.497 e. The van der Waals surface area contributed by atoms with Gasteiger partial charge in [-0.15, -0.1) is 0 Å². The SMILES string of the molecule is CCc1ccc(Nc2nc3c(c(Nc4cccc(OC)c4)n2)C(=O)CCC3)cc1. The van der Waals surface area contributed by atoms with Crippen molar-refractivity contribution in [1.82, 2.24) is 9.97 Å². The van der Waals surface area contributed by atoms with Crippen molar-refractivity contribution in [3.05, 3.63) is 65.4 Å². The molecule has 0 bridgehead atoms. The van der Waals surface area contributed by atoms with Crippen LogP contribution in [-0.4, -0.2) is 22.9 Å². The average Bonchev–Trinajstić information content (AvgIpc) is 2.74. The zero-order valence-electron chi connectivity index (χ0n) is 16.7. The van der Waals surface area contributed by atoms with Crippen LogP contribution in [0.1, 0.15) is 41.4 Å². The third kappa shape index (κ3) is 4.21. The van der Waals surface area contributed by atoms with Gasteiger partial charge in [-0.3, -0.25) is 4.79 Å². The van der Waals surface area contributed by atoms with Crippen molar-refractivity contribution in [2.24, 2.45) is 0 Å². The maximum atomic E-state index is 12.6.